The number of thioether (sulfide) groups is 1. The van der Waals surface area contributed by atoms with E-state index in [9.17, 15) is 4.79 Å². The topological polar surface area (TPSA) is 64.2 Å². The average Bonchev–Trinajstić information content (AvgIpc) is 3.47. The van der Waals surface area contributed by atoms with Gasteiger partial charge in [-0.2, -0.15) is 5.10 Å². The first-order valence-corrected chi connectivity index (χ1v) is 13.6. The monoisotopic (exact) mass is 517 g/mol. The third-order valence-corrected chi connectivity index (χ3v) is 7.63. The molecule has 4 aromatic carbocycles. The molecule has 0 aliphatic rings. The number of hydrogen-bond acceptors (Lipinski definition) is 4. The maximum atomic E-state index is 12.6. The highest BCUT2D eigenvalue weighted by Crippen LogP contribution is 2.29. The van der Waals surface area contributed by atoms with Gasteiger partial charge in [0.2, 0.25) is 0 Å². The van der Waals surface area contributed by atoms with Crippen molar-refractivity contribution in [3.05, 3.63) is 108 Å². The molecule has 6 rings (SSSR count). The van der Waals surface area contributed by atoms with Crippen molar-refractivity contribution in [2.24, 2.45) is 5.10 Å². The number of fused-ring (bicyclic) bond motifs is 4. The Morgan fingerprint density at radius 2 is 1.61 bits per heavy atom. The molecular weight excluding hydrogens is 490 g/mol. The molecule has 0 saturated heterocycles. The fourth-order valence-electron chi connectivity index (χ4n) is 4.92. The Hall–Kier alpha value is -4.36. The van der Waals surface area contributed by atoms with Crippen LogP contribution in [0.3, 0.4) is 0 Å². The molecule has 1 N–H and O–H groups in total. The van der Waals surface area contributed by atoms with Gasteiger partial charge in [-0.1, -0.05) is 78.5 Å². The van der Waals surface area contributed by atoms with Gasteiger partial charge >= 0.3 is 0 Å². The first kappa shape index (κ1) is 24.0. The molecule has 0 saturated carbocycles. The van der Waals surface area contributed by atoms with E-state index in [0.29, 0.717) is 6.54 Å². The van der Waals surface area contributed by atoms with Gasteiger partial charge in [0.15, 0.2) is 5.16 Å². The lowest BCUT2D eigenvalue weighted by Gasteiger charge is -2.09. The summed E-state index contributed by atoms with van der Waals surface area (Å²) in [4.78, 5) is 17.4. The molecule has 1 amide bonds. The van der Waals surface area contributed by atoms with Crippen molar-refractivity contribution in [2.75, 3.05) is 5.75 Å². The van der Waals surface area contributed by atoms with Crippen molar-refractivity contribution in [1.29, 1.82) is 0 Å². The van der Waals surface area contributed by atoms with E-state index in [1.54, 1.807) is 6.21 Å². The Kier molecular flexibility index (Phi) is 6.67. The minimum Gasteiger partial charge on any atom is -0.341 e. The van der Waals surface area contributed by atoms with Crippen LogP contribution in [0.2, 0.25) is 0 Å². The molecule has 0 fully saturated rings. The van der Waals surface area contributed by atoms with Crippen LogP contribution in [0.4, 0.5) is 0 Å². The van der Waals surface area contributed by atoms with Gasteiger partial charge in [-0.25, -0.2) is 10.4 Å². The lowest BCUT2D eigenvalue weighted by molar-refractivity contribution is -0.118. The normalized spacial score (nSPS) is 11.7. The van der Waals surface area contributed by atoms with Crippen LogP contribution >= 0.6 is 11.8 Å². The molecule has 6 nitrogen and oxygen atoms in total. The highest BCUT2D eigenvalue weighted by Gasteiger charge is 2.13. The van der Waals surface area contributed by atoms with Crippen molar-refractivity contribution < 1.29 is 4.79 Å². The quantitative estimate of drug-likeness (QED) is 0.143. The number of hydrazone groups is 1. The number of para-hydroxylation sites is 3. The fraction of sp³-hybridized carbons (Fsp3) is 0.129. The number of carbonyl (C=O) groups excluding carboxylic acids is 1. The average molecular weight is 518 g/mol. The summed E-state index contributed by atoms with van der Waals surface area (Å²) in [7, 11) is 0. The molecule has 188 valence electrons. The number of carbonyl (C=O) groups is 1. The molecule has 38 heavy (non-hydrogen) atoms. The van der Waals surface area contributed by atoms with E-state index in [-0.39, 0.29) is 11.7 Å². The van der Waals surface area contributed by atoms with Crippen molar-refractivity contribution in [3.63, 3.8) is 0 Å². The van der Waals surface area contributed by atoms with Crippen molar-refractivity contribution in [1.82, 2.24) is 19.5 Å². The summed E-state index contributed by atoms with van der Waals surface area (Å²) in [5.41, 5.74) is 9.19. The number of nitrogens with zero attached hydrogens (tertiary/aromatic N) is 4. The van der Waals surface area contributed by atoms with Crippen molar-refractivity contribution in [3.8, 4) is 0 Å². The van der Waals surface area contributed by atoms with E-state index in [1.165, 1.54) is 39.1 Å². The summed E-state index contributed by atoms with van der Waals surface area (Å²) < 4.78 is 4.48. The van der Waals surface area contributed by atoms with Crippen molar-refractivity contribution >= 4 is 56.7 Å². The molecule has 7 heteroatoms. The Labute approximate surface area is 225 Å². The van der Waals surface area contributed by atoms with Crippen LogP contribution in [0.25, 0.3) is 32.8 Å². The van der Waals surface area contributed by atoms with Gasteiger partial charge in [0.05, 0.1) is 29.5 Å². The van der Waals surface area contributed by atoms with E-state index in [1.807, 2.05) is 42.5 Å². The maximum Gasteiger partial charge on any atom is 0.250 e. The predicted molar refractivity (Wildman–Crippen MR) is 157 cm³/mol. The number of aryl methyl sites for hydroxylation is 1. The highest BCUT2D eigenvalue weighted by atomic mass is 32.2. The zero-order valence-electron chi connectivity index (χ0n) is 21.0. The van der Waals surface area contributed by atoms with Crippen LogP contribution in [0, 0.1) is 0 Å². The molecule has 0 atom stereocenters. The Morgan fingerprint density at radius 1 is 0.868 bits per heavy atom. The molecule has 0 bridgehead atoms. The van der Waals surface area contributed by atoms with Crippen LogP contribution in [-0.4, -0.2) is 32.0 Å². The number of hydrogen-bond donors (Lipinski definition) is 1. The zero-order valence-corrected chi connectivity index (χ0v) is 21.9. The van der Waals surface area contributed by atoms with E-state index < -0.39 is 0 Å². The minimum atomic E-state index is -0.173. The smallest absolute Gasteiger partial charge is 0.250 e. The molecule has 0 spiro atoms. The van der Waals surface area contributed by atoms with Crippen LogP contribution in [0.5, 0.6) is 0 Å². The SMILES string of the molecule is CCn1c2ccccc2c2cc(C=NNC(=O)CSc3nc4ccccc4n3Cc3ccccc3)ccc21. The van der Waals surface area contributed by atoms with Gasteiger partial charge in [-0.3, -0.25) is 4.79 Å². The van der Waals surface area contributed by atoms with E-state index in [4.69, 9.17) is 4.98 Å². The summed E-state index contributed by atoms with van der Waals surface area (Å²) in [5, 5.41) is 7.45. The van der Waals surface area contributed by atoms with Crippen LogP contribution in [0.15, 0.2) is 107 Å². The molecular formula is C31H27N5OS. The van der Waals surface area contributed by atoms with E-state index >= 15 is 0 Å². The van der Waals surface area contributed by atoms with E-state index in [2.05, 4.69) is 81.2 Å². The van der Waals surface area contributed by atoms with Gasteiger partial charge in [0.25, 0.3) is 5.91 Å². The Morgan fingerprint density at radius 3 is 2.45 bits per heavy atom. The maximum absolute atomic E-state index is 12.6. The summed E-state index contributed by atoms with van der Waals surface area (Å²) >= 11 is 1.42. The van der Waals surface area contributed by atoms with Gasteiger partial charge in [0.1, 0.15) is 0 Å². The summed E-state index contributed by atoms with van der Waals surface area (Å²) in [6.45, 7) is 3.76. The van der Waals surface area contributed by atoms with Crippen LogP contribution in [-0.2, 0) is 17.9 Å². The fourth-order valence-corrected chi connectivity index (χ4v) is 5.72. The largest absolute Gasteiger partial charge is 0.341 e. The summed E-state index contributed by atoms with van der Waals surface area (Å²) in [6, 6.07) is 33.0. The zero-order chi connectivity index (χ0) is 25.9. The summed E-state index contributed by atoms with van der Waals surface area (Å²) in [6.07, 6.45) is 1.70. The van der Waals surface area contributed by atoms with Crippen molar-refractivity contribution in [2.45, 2.75) is 25.2 Å². The predicted octanol–water partition coefficient (Wildman–Crippen LogP) is 6.45. The van der Waals surface area contributed by atoms with Crippen LogP contribution < -0.4 is 5.43 Å². The lowest BCUT2D eigenvalue weighted by atomic mass is 10.1. The van der Waals surface area contributed by atoms with Crippen LogP contribution in [0.1, 0.15) is 18.1 Å². The Bertz CT molecular complexity index is 1780. The lowest BCUT2D eigenvalue weighted by Crippen LogP contribution is -2.20. The number of imidazole rings is 1. The second-order valence-corrected chi connectivity index (χ2v) is 10.0. The number of benzene rings is 4. The van der Waals surface area contributed by atoms with Gasteiger partial charge in [-0.15, -0.1) is 0 Å². The second kappa shape index (κ2) is 10.6. The summed E-state index contributed by atoms with van der Waals surface area (Å²) in [5.74, 6) is 0.0478. The first-order valence-electron chi connectivity index (χ1n) is 12.7. The van der Waals surface area contributed by atoms with Gasteiger partial charge in [0, 0.05) is 28.4 Å². The Balaban J connectivity index is 1.15. The molecule has 2 heterocycles. The molecule has 0 aliphatic carbocycles. The first-order chi connectivity index (χ1) is 18.7. The molecule has 6 aromatic rings. The van der Waals surface area contributed by atoms with E-state index in [0.717, 1.165) is 28.3 Å². The van der Waals surface area contributed by atoms with Gasteiger partial charge < -0.3 is 9.13 Å². The second-order valence-electron chi connectivity index (χ2n) is 9.07. The number of nitrogens with one attached hydrogen (secondary N) is 1. The molecule has 0 unspecified atom stereocenters. The highest BCUT2D eigenvalue weighted by molar-refractivity contribution is 7.99. The standard InChI is InChI=1S/C31H27N5OS/c1-2-35-27-14-8-6-12-24(27)25-18-23(16-17-28(25)35)19-32-34-30(37)21-38-31-33-26-13-7-9-15-29(26)36(31)20-22-10-4-3-5-11-22/h3-19H,2,20-21H2,1H3,(H,34,37). The number of rotatable bonds is 8. The third kappa shape index (κ3) is 4.68. The van der Waals surface area contributed by atoms with Gasteiger partial charge in [-0.05, 0) is 48.4 Å². The molecule has 2 aromatic heterocycles. The third-order valence-electron chi connectivity index (χ3n) is 6.65. The minimum absolute atomic E-state index is 0.173. The molecule has 0 radical (unpaired) electrons. The molecule has 0 aliphatic heterocycles. The number of aromatic nitrogens is 3. The number of amides is 1.